The number of aromatic hydroxyl groups is 2. The van der Waals surface area contributed by atoms with Crippen molar-refractivity contribution in [2.75, 3.05) is 37.3 Å². The molecule has 11 heteroatoms. The van der Waals surface area contributed by atoms with Crippen molar-refractivity contribution in [3.63, 3.8) is 0 Å². The summed E-state index contributed by atoms with van der Waals surface area (Å²) in [5.74, 6) is 5.22. The Balaban J connectivity index is 0.000000188. The number of phenols is 2. The molecule has 1 aliphatic heterocycles. The molecule has 312 valence electrons. The first kappa shape index (κ1) is 45.9. The topological polar surface area (TPSA) is 157 Å². The molecule has 3 aliphatic carbocycles. The summed E-state index contributed by atoms with van der Waals surface area (Å²) in [5, 5.41) is 37.8. The van der Waals surface area contributed by atoms with Gasteiger partial charge in [-0.3, -0.25) is 14.4 Å². The standard InChI is InChI=1S/C15H20INO2.C15H21NO3.C15H19NO2.CH4/c1-2-15(19)17-9-10-8-13(10)11-4-3-5-14(18)12(11)6-7-16;1-2-15(19)16-9-10-8-13(10)11-4-3-5-14(18)12(11)6-7-17;1-2-15(17)16-9-10-8-13(10)11-4-3-5-14-12(11)6-7-18-14;/h3-5,10,13,18H,2,6-9H2,1H3,(H,17,19);3-5,10,13,17-18H,2,6-9H2,1H3,(H,16,19);3-5,10,13H,2,6-9H2,1H3,(H,16,17);1H4/t3*10-,13+;/m000./s1. The fraction of sp³-hybridized carbons (Fsp3) is 0.543. The van der Waals surface area contributed by atoms with Crippen molar-refractivity contribution >= 4 is 40.3 Å². The van der Waals surface area contributed by atoms with Crippen molar-refractivity contribution in [1.82, 2.24) is 16.0 Å². The zero-order valence-electron chi connectivity index (χ0n) is 33.1. The lowest BCUT2D eigenvalue weighted by Gasteiger charge is -2.10. The van der Waals surface area contributed by atoms with Gasteiger partial charge in [0.1, 0.15) is 17.2 Å². The maximum atomic E-state index is 11.3. The highest BCUT2D eigenvalue weighted by molar-refractivity contribution is 14.1. The minimum absolute atomic E-state index is 0. The second-order valence-electron chi connectivity index (χ2n) is 15.3. The van der Waals surface area contributed by atoms with Crippen molar-refractivity contribution in [2.24, 2.45) is 17.8 Å². The van der Waals surface area contributed by atoms with Crippen LogP contribution in [0.5, 0.6) is 17.2 Å². The molecule has 0 radical (unpaired) electrons. The zero-order valence-corrected chi connectivity index (χ0v) is 35.3. The summed E-state index contributed by atoms with van der Waals surface area (Å²) in [6.45, 7) is 8.73. The number of ether oxygens (including phenoxy) is 1. The van der Waals surface area contributed by atoms with Crippen LogP contribution in [0.25, 0.3) is 0 Å². The Morgan fingerprint density at radius 2 is 1.09 bits per heavy atom. The van der Waals surface area contributed by atoms with Crippen LogP contribution in [-0.2, 0) is 33.6 Å². The number of amides is 3. The summed E-state index contributed by atoms with van der Waals surface area (Å²) in [4.78, 5) is 33.7. The van der Waals surface area contributed by atoms with E-state index in [4.69, 9.17) is 9.84 Å². The van der Waals surface area contributed by atoms with Crippen LogP contribution < -0.4 is 20.7 Å². The van der Waals surface area contributed by atoms with Crippen molar-refractivity contribution < 1.29 is 34.4 Å². The highest BCUT2D eigenvalue weighted by Gasteiger charge is 2.41. The summed E-state index contributed by atoms with van der Waals surface area (Å²) in [5.41, 5.74) is 7.16. The number of aliphatic hydroxyl groups excluding tert-OH is 1. The van der Waals surface area contributed by atoms with Gasteiger partial charge in [-0.15, -0.1) is 0 Å². The predicted octanol–water partition coefficient (Wildman–Crippen LogP) is 7.44. The van der Waals surface area contributed by atoms with Gasteiger partial charge in [-0.1, -0.05) is 87.2 Å². The summed E-state index contributed by atoms with van der Waals surface area (Å²) in [7, 11) is 0. The van der Waals surface area contributed by atoms with Gasteiger partial charge in [0, 0.05) is 61.9 Å². The van der Waals surface area contributed by atoms with E-state index in [1.165, 1.54) is 23.1 Å². The second-order valence-corrected chi connectivity index (χ2v) is 16.4. The first-order chi connectivity index (χ1) is 27.1. The van der Waals surface area contributed by atoms with E-state index in [9.17, 15) is 24.6 Å². The van der Waals surface area contributed by atoms with Crippen LogP contribution in [-0.4, -0.2) is 70.3 Å². The summed E-state index contributed by atoms with van der Waals surface area (Å²) in [6, 6.07) is 17.7. The SMILES string of the molecule is C.CCC(=O)NC[C@@H]1C[C@H]1c1cccc(O)c1CCI.CCC(=O)NC[C@@H]1C[C@H]1c1cccc(O)c1CCO.CCC(=O)NC[C@@H]1C[C@H]1c1cccc2c1CCO2. The number of hydrogen-bond acceptors (Lipinski definition) is 7. The van der Waals surface area contributed by atoms with Gasteiger partial charge in [0.15, 0.2) is 0 Å². The molecule has 3 saturated carbocycles. The summed E-state index contributed by atoms with van der Waals surface area (Å²) >= 11 is 2.34. The molecular formula is C46H64IN3O7. The molecule has 0 saturated heterocycles. The maximum absolute atomic E-state index is 11.3. The second kappa shape index (κ2) is 22.3. The fourth-order valence-electron chi connectivity index (χ4n) is 7.90. The number of alkyl halides is 1. The van der Waals surface area contributed by atoms with E-state index in [2.05, 4.69) is 62.8 Å². The number of benzene rings is 3. The van der Waals surface area contributed by atoms with Crippen LogP contribution in [0, 0.1) is 17.8 Å². The highest BCUT2D eigenvalue weighted by Crippen LogP contribution is 2.51. The molecule has 6 atom stereocenters. The van der Waals surface area contributed by atoms with E-state index < -0.39 is 0 Å². The third-order valence-electron chi connectivity index (χ3n) is 11.5. The first-order valence-electron chi connectivity index (χ1n) is 20.5. The lowest BCUT2D eigenvalue weighted by molar-refractivity contribution is -0.121. The largest absolute Gasteiger partial charge is 0.508 e. The molecule has 3 aromatic rings. The Bertz CT molecular complexity index is 1720. The Kier molecular flexibility index (Phi) is 18.0. The number of nitrogens with one attached hydrogen (secondary N) is 3. The van der Waals surface area contributed by atoms with Gasteiger partial charge < -0.3 is 36.0 Å². The highest BCUT2D eigenvalue weighted by atomic mass is 127. The summed E-state index contributed by atoms with van der Waals surface area (Å²) < 4.78 is 6.60. The molecule has 0 bridgehead atoms. The predicted molar refractivity (Wildman–Crippen MR) is 234 cm³/mol. The molecule has 3 amide bonds. The van der Waals surface area contributed by atoms with Gasteiger partial charge in [0.25, 0.3) is 0 Å². The minimum Gasteiger partial charge on any atom is -0.508 e. The van der Waals surface area contributed by atoms with Gasteiger partial charge >= 0.3 is 0 Å². The van der Waals surface area contributed by atoms with Crippen molar-refractivity contribution in [3.05, 3.63) is 88.0 Å². The van der Waals surface area contributed by atoms with E-state index >= 15 is 0 Å². The van der Waals surface area contributed by atoms with Crippen LogP contribution in [0.1, 0.15) is 118 Å². The van der Waals surface area contributed by atoms with Crippen LogP contribution in [0.2, 0.25) is 0 Å². The summed E-state index contributed by atoms with van der Waals surface area (Å²) in [6.07, 6.45) is 7.40. The van der Waals surface area contributed by atoms with Gasteiger partial charge in [-0.2, -0.15) is 0 Å². The normalized spacial score (nSPS) is 21.8. The third-order valence-corrected chi connectivity index (χ3v) is 12.0. The van der Waals surface area contributed by atoms with E-state index in [0.29, 0.717) is 73.5 Å². The lowest BCUT2D eigenvalue weighted by atomic mass is 9.98. The van der Waals surface area contributed by atoms with Crippen LogP contribution >= 0.6 is 22.6 Å². The molecule has 0 aromatic heterocycles. The van der Waals surface area contributed by atoms with Gasteiger partial charge in [0.2, 0.25) is 17.7 Å². The molecule has 6 N–H and O–H groups in total. The van der Waals surface area contributed by atoms with Gasteiger partial charge in [0.05, 0.1) is 6.61 Å². The average Bonchev–Trinajstić information content (AvgIpc) is 4.16. The Morgan fingerprint density at radius 1 is 0.667 bits per heavy atom. The molecule has 3 fully saturated rings. The molecule has 1 heterocycles. The van der Waals surface area contributed by atoms with E-state index in [1.807, 2.05) is 39.0 Å². The first-order valence-corrected chi connectivity index (χ1v) is 22.0. The lowest BCUT2D eigenvalue weighted by Crippen LogP contribution is -2.24. The monoisotopic (exact) mass is 897 g/mol. The number of hydrogen-bond donors (Lipinski definition) is 6. The van der Waals surface area contributed by atoms with E-state index in [1.54, 1.807) is 12.1 Å². The smallest absolute Gasteiger partial charge is 0.219 e. The Hall–Kier alpha value is -3.84. The molecule has 0 unspecified atom stereocenters. The number of halogens is 1. The number of fused-ring (bicyclic) bond motifs is 1. The van der Waals surface area contributed by atoms with E-state index in [-0.39, 0.29) is 37.5 Å². The average molecular weight is 898 g/mol. The van der Waals surface area contributed by atoms with Crippen LogP contribution in [0.15, 0.2) is 54.6 Å². The number of aliphatic hydroxyl groups is 1. The van der Waals surface area contributed by atoms with Gasteiger partial charge in [-0.25, -0.2) is 0 Å². The fourth-order valence-corrected chi connectivity index (χ4v) is 8.44. The van der Waals surface area contributed by atoms with Crippen molar-refractivity contribution in [3.8, 4) is 17.2 Å². The van der Waals surface area contributed by atoms with Crippen LogP contribution in [0.3, 0.4) is 0 Å². The van der Waals surface area contributed by atoms with Crippen molar-refractivity contribution in [1.29, 1.82) is 0 Å². The molecule has 57 heavy (non-hydrogen) atoms. The minimum atomic E-state index is 0. The number of phenolic OH excluding ortho intramolecular Hbond substituents is 2. The van der Waals surface area contributed by atoms with Gasteiger partial charge in [-0.05, 0) is 114 Å². The third kappa shape index (κ3) is 12.8. The quantitative estimate of drug-likeness (QED) is 0.0645. The number of rotatable bonds is 16. The van der Waals surface area contributed by atoms with Crippen molar-refractivity contribution in [2.45, 2.75) is 104 Å². The molecule has 7 rings (SSSR count). The maximum Gasteiger partial charge on any atom is 0.219 e. The molecule has 3 aromatic carbocycles. The Labute approximate surface area is 353 Å². The number of carbonyl (C=O) groups is 3. The number of carbonyl (C=O) groups excluding carboxylic acids is 3. The van der Waals surface area contributed by atoms with Crippen LogP contribution in [0.4, 0.5) is 0 Å². The van der Waals surface area contributed by atoms with E-state index in [0.717, 1.165) is 72.2 Å². The molecular weight excluding hydrogens is 833 g/mol. The molecule has 0 spiro atoms. The Morgan fingerprint density at radius 3 is 1.53 bits per heavy atom. The molecule has 4 aliphatic rings. The molecule has 10 nitrogen and oxygen atoms in total. The zero-order chi connectivity index (χ0) is 40.2.